The van der Waals surface area contributed by atoms with Gasteiger partial charge in [0, 0.05) is 13.1 Å². The molecule has 0 unspecified atom stereocenters. The van der Waals surface area contributed by atoms with E-state index in [1.54, 1.807) is 0 Å². The Morgan fingerprint density at radius 3 is 1.75 bits per heavy atom. The highest BCUT2D eigenvalue weighted by molar-refractivity contribution is 7.80. The topological polar surface area (TPSA) is 3.24 Å². The molecule has 2 heteroatoms. The van der Waals surface area contributed by atoms with Crippen molar-refractivity contribution in [1.29, 1.82) is 0 Å². The molecule has 0 bridgehead atoms. The van der Waals surface area contributed by atoms with Crippen molar-refractivity contribution < 1.29 is 0 Å². The van der Waals surface area contributed by atoms with E-state index in [2.05, 4.69) is 18.7 Å². The van der Waals surface area contributed by atoms with Crippen LogP contribution >= 0.6 is 12.2 Å². The molecule has 0 saturated carbocycles. The first-order valence-electron chi connectivity index (χ1n) is 2.97. The molecule has 0 aromatic heterocycles. The van der Waals surface area contributed by atoms with Crippen molar-refractivity contribution in [3.8, 4) is 0 Å². The van der Waals surface area contributed by atoms with Gasteiger partial charge < -0.3 is 4.90 Å². The van der Waals surface area contributed by atoms with Crippen molar-refractivity contribution in [1.82, 2.24) is 4.90 Å². The molecule has 0 aromatic rings. The fourth-order valence-electron chi connectivity index (χ4n) is 0.669. The standard InChI is InChI=1S/C6H13NS/c1-4-7(5-2)6(3)8/h4-5H2,1-3H3/i3+1. The van der Waals surface area contributed by atoms with Crippen LogP contribution in [0.4, 0.5) is 0 Å². The van der Waals surface area contributed by atoms with Gasteiger partial charge in [0.2, 0.25) is 0 Å². The first-order valence-corrected chi connectivity index (χ1v) is 3.38. The highest BCUT2D eigenvalue weighted by Crippen LogP contribution is 1.88. The number of rotatable bonds is 2. The third-order valence-corrected chi connectivity index (χ3v) is 1.47. The van der Waals surface area contributed by atoms with Crippen LogP contribution in [0.25, 0.3) is 0 Å². The van der Waals surface area contributed by atoms with Gasteiger partial charge in [0.1, 0.15) is 0 Å². The Morgan fingerprint density at radius 1 is 1.38 bits per heavy atom. The Kier molecular flexibility index (Phi) is 3.79. The third kappa shape index (κ3) is 2.26. The summed E-state index contributed by atoms with van der Waals surface area (Å²) in [7, 11) is 0. The maximum absolute atomic E-state index is 4.94. The van der Waals surface area contributed by atoms with Crippen LogP contribution in [0.5, 0.6) is 0 Å². The second-order valence-corrected chi connectivity index (χ2v) is 2.28. The highest BCUT2D eigenvalue weighted by atomic mass is 32.1. The molecule has 0 spiro atoms. The SMILES string of the molecule is CCN(CC)C([13CH3])=S. The average Bonchev–Trinajstić information content (AvgIpc) is 1.69. The van der Waals surface area contributed by atoms with E-state index in [4.69, 9.17) is 12.2 Å². The molecule has 0 atom stereocenters. The molecule has 0 N–H and O–H groups in total. The lowest BCUT2D eigenvalue weighted by Crippen LogP contribution is -2.26. The monoisotopic (exact) mass is 132 g/mol. The Labute approximate surface area is 56.7 Å². The summed E-state index contributed by atoms with van der Waals surface area (Å²) in [5.74, 6) is 0. The lowest BCUT2D eigenvalue weighted by atomic mass is 10.5. The van der Waals surface area contributed by atoms with Crippen LogP contribution in [0, 0.1) is 0 Å². The summed E-state index contributed by atoms with van der Waals surface area (Å²) in [5, 5.41) is 0. The van der Waals surface area contributed by atoms with Gasteiger partial charge in [-0.05, 0) is 20.8 Å². The molecule has 0 aromatic carbocycles. The minimum absolute atomic E-state index is 0.995. The highest BCUT2D eigenvalue weighted by Gasteiger charge is 1.95. The maximum atomic E-state index is 4.94. The van der Waals surface area contributed by atoms with Gasteiger partial charge in [-0.3, -0.25) is 0 Å². The van der Waals surface area contributed by atoms with E-state index >= 15 is 0 Å². The molecule has 0 heterocycles. The summed E-state index contributed by atoms with van der Waals surface area (Å²) in [6.07, 6.45) is 0. The van der Waals surface area contributed by atoms with Crippen molar-refractivity contribution in [3.05, 3.63) is 0 Å². The zero-order valence-corrected chi connectivity index (χ0v) is 6.59. The molecule has 0 amide bonds. The third-order valence-electron chi connectivity index (χ3n) is 1.21. The predicted molar refractivity (Wildman–Crippen MR) is 41.2 cm³/mol. The molecule has 8 heavy (non-hydrogen) atoms. The van der Waals surface area contributed by atoms with Crippen molar-refractivity contribution in [2.75, 3.05) is 13.1 Å². The zero-order valence-electron chi connectivity index (χ0n) is 5.77. The molecule has 0 aliphatic rings. The van der Waals surface area contributed by atoms with E-state index in [0.29, 0.717) is 0 Å². The largest absolute Gasteiger partial charge is 0.367 e. The van der Waals surface area contributed by atoms with Crippen molar-refractivity contribution in [3.63, 3.8) is 0 Å². The second-order valence-electron chi connectivity index (χ2n) is 1.69. The van der Waals surface area contributed by atoms with Gasteiger partial charge in [-0.15, -0.1) is 0 Å². The lowest BCUT2D eigenvalue weighted by Gasteiger charge is -2.17. The van der Waals surface area contributed by atoms with Gasteiger partial charge in [0.15, 0.2) is 0 Å². The molecular formula is C6H13NS. The van der Waals surface area contributed by atoms with Gasteiger partial charge >= 0.3 is 0 Å². The van der Waals surface area contributed by atoms with Crippen LogP contribution in [-0.4, -0.2) is 23.0 Å². The number of nitrogens with zero attached hydrogens (tertiary/aromatic N) is 1. The van der Waals surface area contributed by atoms with Gasteiger partial charge in [0.25, 0.3) is 0 Å². The van der Waals surface area contributed by atoms with Gasteiger partial charge in [0.05, 0.1) is 4.99 Å². The molecule has 1 nitrogen and oxygen atoms in total. The normalized spacial score (nSPS) is 8.88. The second kappa shape index (κ2) is 3.84. The average molecular weight is 132 g/mol. The minimum Gasteiger partial charge on any atom is -0.367 e. The Hall–Kier alpha value is -0.110. The first kappa shape index (κ1) is 7.89. The van der Waals surface area contributed by atoms with E-state index in [-0.39, 0.29) is 0 Å². The summed E-state index contributed by atoms with van der Waals surface area (Å²) in [6, 6.07) is 0. The molecule has 0 aliphatic carbocycles. The first-order chi connectivity index (χ1) is 3.72. The van der Waals surface area contributed by atoms with E-state index in [1.165, 1.54) is 0 Å². The minimum atomic E-state index is 0.995. The van der Waals surface area contributed by atoms with Crippen LogP contribution < -0.4 is 0 Å². The summed E-state index contributed by atoms with van der Waals surface area (Å²) in [4.78, 5) is 3.14. The smallest absolute Gasteiger partial charge is 0.0747 e. The fourth-order valence-corrected chi connectivity index (χ4v) is 0.927. The van der Waals surface area contributed by atoms with Crippen LogP contribution in [0.2, 0.25) is 0 Å². The Bertz CT molecular complexity index is 76.6. The van der Waals surface area contributed by atoms with Crippen LogP contribution in [0.1, 0.15) is 20.8 Å². The number of thiocarbonyl (C=S) groups is 1. The van der Waals surface area contributed by atoms with Crippen LogP contribution in [0.15, 0.2) is 0 Å². The van der Waals surface area contributed by atoms with Gasteiger partial charge in [-0.2, -0.15) is 0 Å². The van der Waals surface area contributed by atoms with E-state index in [1.807, 2.05) is 6.92 Å². The maximum Gasteiger partial charge on any atom is 0.0747 e. The van der Waals surface area contributed by atoms with E-state index in [0.717, 1.165) is 18.1 Å². The zero-order chi connectivity index (χ0) is 6.57. The summed E-state index contributed by atoms with van der Waals surface area (Å²) >= 11 is 4.94. The van der Waals surface area contributed by atoms with Gasteiger partial charge in [-0.25, -0.2) is 0 Å². The summed E-state index contributed by atoms with van der Waals surface area (Å²) < 4.78 is 0. The molecule has 0 saturated heterocycles. The molecular weight excluding hydrogens is 119 g/mol. The van der Waals surface area contributed by atoms with E-state index < -0.39 is 0 Å². The molecule has 0 aliphatic heterocycles. The van der Waals surface area contributed by atoms with Crippen molar-refractivity contribution in [2.24, 2.45) is 0 Å². The molecule has 0 radical (unpaired) electrons. The number of hydrogen-bond acceptors (Lipinski definition) is 1. The number of hydrogen-bond donors (Lipinski definition) is 0. The van der Waals surface area contributed by atoms with Crippen molar-refractivity contribution in [2.45, 2.75) is 20.8 Å². The Balaban J connectivity index is 3.52. The van der Waals surface area contributed by atoms with E-state index in [9.17, 15) is 0 Å². The summed E-state index contributed by atoms with van der Waals surface area (Å²) in [6.45, 7) is 8.25. The molecule has 0 fully saturated rings. The lowest BCUT2D eigenvalue weighted by molar-refractivity contribution is 0.471. The fraction of sp³-hybridized carbons (Fsp3) is 0.833. The predicted octanol–water partition coefficient (Wildman–Crippen LogP) is 1.68. The molecule has 48 valence electrons. The van der Waals surface area contributed by atoms with Crippen LogP contribution in [-0.2, 0) is 0 Å². The molecule has 0 rings (SSSR count). The quantitative estimate of drug-likeness (QED) is 0.415. The van der Waals surface area contributed by atoms with Crippen LogP contribution in [0.3, 0.4) is 0 Å². The van der Waals surface area contributed by atoms with Gasteiger partial charge in [-0.1, -0.05) is 12.2 Å². The van der Waals surface area contributed by atoms with Crippen molar-refractivity contribution >= 4 is 17.2 Å². The summed E-state index contributed by atoms with van der Waals surface area (Å²) in [5.41, 5.74) is 0. The Morgan fingerprint density at radius 2 is 1.75 bits per heavy atom.